The fourth-order valence-electron chi connectivity index (χ4n) is 4.36. The minimum atomic E-state index is 0.0501. The first kappa shape index (κ1) is 17.2. The van der Waals surface area contributed by atoms with Crippen LogP contribution >= 0.6 is 11.3 Å². The van der Waals surface area contributed by atoms with Gasteiger partial charge < -0.3 is 25.0 Å². The van der Waals surface area contributed by atoms with Crippen molar-refractivity contribution in [2.75, 3.05) is 57.5 Å². The number of hydrogen-bond donors (Lipinski definition) is 1. The molecule has 0 radical (unpaired) electrons. The highest BCUT2D eigenvalue weighted by molar-refractivity contribution is 7.18. The molecule has 2 aromatic heterocycles. The van der Waals surface area contributed by atoms with E-state index in [4.69, 9.17) is 5.73 Å². The Morgan fingerprint density at radius 1 is 1.38 bits per heavy atom. The minimum absolute atomic E-state index is 0.0501. The van der Waals surface area contributed by atoms with Crippen molar-refractivity contribution >= 4 is 27.5 Å². The summed E-state index contributed by atoms with van der Waals surface area (Å²) >= 11 is 1.43. The molecule has 9 nitrogen and oxygen atoms in total. The lowest BCUT2D eigenvalue weighted by Gasteiger charge is -2.32. The topological polar surface area (TPSA) is 96.4 Å². The normalized spacial score (nSPS) is 25.3. The first-order valence-electron chi connectivity index (χ1n) is 8.67. The second kappa shape index (κ2) is 6.51. The van der Waals surface area contributed by atoms with Gasteiger partial charge in [0.25, 0.3) is 0 Å². The summed E-state index contributed by atoms with van der Waals surface area (Å²) in [7, 11) is 4.18. The van der Waals surface area contributed by atoms with Crippen LogP contribution in [0.5, 0.6) is 0 Å². The van der Waals surface area contributed by atoms with Crippen LogP contribution < -0.4 is 10.6 Å². The average Bonchev–Trinajstić information content (AvgIpc) is 3.29. The van der Waals surface area contributed by atoms with Gasteiger partial charge in [0.1, 0.15) is 6.54 Å². The number of hydrogen-bond acceptors (Lipinski definition) is 8. The number of nitrogen functional groups attached to an aromatic ring is 1. The molecule has 4 rings (SSSR count). The van der Waals surface area contributed by atoms with Gasteiger partial charge in [0.2, 0.25) is 16.2 Å². The predicted octanol–water partition coefficient (Wildman–Crippen LogP) is -0.157. The van der Waals surface area contributed by atoms with Crippen LogP contribution in [0.3, 0.4) is 0 Å². The van der Waals surface area contributed by atoms with Crippen molar-refractivity contribution in [3.63, 3.8) is 0 Å². The van der Waals surface area contributed by atoms with E-state index in [9.17, 15) is 4.79 Å². The number of carbonyl (C=O) groups excluding carboxylic acids is 1. The number of fused-ring (bicyclic) bond motifs is 1. The molecule has 4 heterocycles. The number of nitrogens with two attached hydrogens (primary N) is 1. The van der Waals surface area contributed by atoms with E-state index >= 15 is 0 Å². The molecule has 1 amide bonds. The maximum atomic E-state index is 12.7. The van der Waals surface area contributed by atoms with Crippen LogP contribution in [0.25, 0.3) is 0 Å². The average molecular weight is 376 g/mol. The van der Waals surface area contributed by atoms with Crippen LogP contribution in [0, 0.1) is 11.3 Å². The number of likely N-dealkylation sites (tertiary alicyclic amines) is 1. The van der Waals surface area contributed by atoms with E-state index in [2.05, 4.69) is 39.1 Å². The zero-order chi connectivity index (χ0) is 18.3. The maximum Gasteiger partial charge on any atom is 0.242 e. The Balaban J connectivity index is 1.50. The highest BCUT2D eigenvalue weighted by atomic mass is 32.1. The van der Waals surface area contributed by atoms with Gasteiger partial charge in [-0.25, -0.2) is 4.98 Å². The molecule has 26 heavy (non-hydrogen) atoms. The number of imidazole rings is 1. The summed E-state index contributed by atoms with van der Waals surface area (Å²) in [5, 5.41) is 9.53. The third kappa shape index (κ3) is 3.14. The number of carbonyl (C=O) groups is 1. The van der Waals surface area contributed by atoms with Crippen molar-refractivity contribution in [3.8, 4) is 0 Å². The van der Waals surface area contributed by atoms with Gasteiger partial charge in [0.15, 0.2) is 0 Å². The second-order valence-electron chi connectivity index (χ2n) is 7.61. The van der Waals surface area contributed by atoms with E-state index in [0.29, 0.717) is 17.6 Å². The Hall–Kier alpha value is -2.20. The van der Waals surface area contributed by atoms with Crippen LogP contribution in [0.4, 0.5) is 10.3 Å². The molecule has 0 bridgehead atoms. The molecule has 2 aromatic rings. The van der Waals surface area contributed by atoms with Gasteiger partial charge in [0, 0.05) is 56.5 Å². The van der Waals surface area contributed by atoms with Gasteiger partial charge in [-0.2, -0.15) is 0 Å². The zero-order valence-electron chi connectivity index (χ0n) is 15.1. The smallest absolute Gasteiger partial charge is 0.242 e. The summed E-state index contributed by atoms with van der Waals surface area (Å²) in [4.78, 5) is 23.3. The van der Waals surface area contributed by atoms with Crippen LogP contribution in [0.2, 0.25) is 0 Å². The molecule has 2 N–H and O–H groups in total. The molecule has 0 aliphatic carbocycles. The SMILES string of the molecule is CN(C)C[C@@]12CN(C(=O)Cn3ccnc3)C[C@@H]1CN(c1nnc(N)s1)C2. The molecule has 0 aromatic carbocycles. The van der Waals surface area contributed by atoms with E-state index in [0.717, 1.165) is 37.9 Å². The summed E-state index contributed by atoms with van der Waals surface area (Å²) in [6.07, 6.45) is 5.21. The molecular formula is C16H24N8OS. The Labute approximate surface area is 156 Å². The van der Waals surface area contributed by atoms with Crippen molar-refractivity contribution in [2.45, 2.75) is 6.54 Å². The maximum absolute atomic E-state index is 12.7. The molecular weight excluding hydrogens is 352 g/mol. The summed E-state index contributed by atoms with van der Waals surface area (Å²) in [5.41, 5.74) is 5.80. The second-order valence-corrected chi connectivity index (χ2v) is 8.60. The van der Waals surface area contributed by atoms with Crippen LogP contribution in [-0.2, 0) is 11.3 Å². The lowest BCUT2D eigenvalue weighted by Crippen LogP contribution is -2.43. The van der Waals surface area contributed by atoms with E-state index < -0.39 is 0 Å². The van der Waals surface area contributed by atoms with Crippen LogP contribution in [-0.4, -0.2) is 82.3 Å². The predicted molar refractivity (Wildman–Crippen MR) is 99.8 cm³/mol. The number of amides is 1. The molecule has 2 fully saturated rings. The molecule has 2 aliphatic rings. The Bertz CT molecular complexity index is 775. The van der Waals surface area contributed by atoms with Crippen molar-refractivity contribution in [1.82, 2.24) is 29.5 Å². The fourth-order valence-corrected chi connectivity index (χ4v) is 4.98. The van der Waals surface area contributed by atoms with E-state index in [1.54, 1.807) is 12.5 Å². The van der Waals surface area contributed by atoms with Gasteiger partial charge in [-0.1, -0.05) is 11.3 Å². The van der Waals surface area contributed by atoms with Crippen LogP contribution in [0.15, 0.2) is 18.7 Å². The van der Waals surface area contributed by atoms with E-state index in [1.807, 2.05) is 15.7 Å². The van der Waals surface area contributed by atoms with Gasteiger partial charge in [-0.05, 0) is 14.1 Å². The third-order valence-corrected chi connectivity index (χ3v) is 6.13. The summed E-state index contributed by atoms with van der Waals surface area (Å²) in [6.45, 7) is 4.61. The third-order valence-electron chi connectivity index (χ3n) is 5.32. The summed E-state index contributed by atoms with van der Waals surface area (Å²) in [5.74, 6) is 0.573. The summed E-state index contributed by atoms with van der Waals surface area (Å²) < 4.78 is 1.82. The largest absolute Gasteiger partial charge is 0.374 e. The van der Waals surface area contributed by atoms with Gasteiger partial charge in [-0.3, -0.25) is 4.79 Å². The highest BCUT2D eigenvalue weighted by Gasteiger charge is 2.54. The molecule has 0 unspecified atom stereocenters. The zero-order valence-corrected chi connectivity index (χ0v) is 15.9. The molecule has 0 saturated carbocycles. The van der Waals surface area contributed by atoms with Crippen molar-refractivity contribution < 1.29 is 4.79 Å². The Morgan fingerprint density at radius 2 is 2.23 bits per heavy atom. The van der Waals surface area contributed by atoms with Crippen LogP contribution in [0.1, 0.15) is 0 Å². The standard InChI is InChI=1S/C16H24N8OS/c1-21(2)8-16-9-23(13(25)7-22-4-3-18-11-22)5-12(16)6-24(10-16)15-20-19-14(17)26-15/h3-4,11-12H,5-10H2,1-2H3,(H2,17,19)/t12-,16+/m1/s1. The lowest BCUT2D eigenvalue weighted by molar-refractivity contribution is -0.131. The summed E-state index contributed by atoms with van der Waals surface area (Å²) in [6, 6.07) is 0. The molecule has 2 aliphatic heterocycles. The first-order valence-corrected chi connectivity index (χ1v) is 9.49. The van der Waals surface area contributed by atoms with Gasteiger partial charge in [0.05, 0.1) is 6.33 Å². The molecule has 0 spiro atoms. The molecule has 10 heteroatoms. The number of rotatable bonds is 5. The lowest BCUT2D eigenvalue weighted by atomic mass is 9.80. The first-order chi connectivity index (χ1) is 12.4. The number of nitrogens with zero attached hydrogens (tertiary/aromatic N) is 7. The van der Waals surface area contributed by atoms with E-state index in [-0.39, 0.29) is 11.3 Å². The fraction of sp³-hybridized carbons (Fsp3) is 0.625. The molecule has 2 atom stereocenters. The van der Waals surface area contributed by atoms with Gasteiger partial charge in [-0.15, -0.1) is 10.2 Å². The Morgan fingerprint density at radius 3 is 2.88 bits per heavy atom. The quantitative estimate of drug-likeness (QED) is 0.775. The van der Waals surface area contributed by atoms with E-state index in [1.165, 1.54) is 11.3 Å². The van der Waals surface area contributed by atoms with Gasteiger partial charge >= 0.3 is 0 Å². The minimum Gasteiger partial charge on any atom is -0.374 e. The monoisotopic (exact) mass is 376 g/mol. The van der Waals surface area contributed by atoms with Crippen molar-refractivity contribution in [3.05, 3.63) is 18.7 Å². The number of aromatic nitrogens is 4. The number of anilines is 2. The van der Waals surface area contributed by atoms with Crippen molar-refractivity contribution in [1.29, 1.82) is 0 Å². The van der Waals surface area contributed by atoms with Crippen molar-refractivity contribution in [2.24, 2.45) is 11.3 Å². The molecule has 140 valence electrons. The molecule has 2 saturated heterocycles. The highest BCUT2D eigenvalue weighted by Crippen LogP contribution is 2.45. The Kier molecular flexibility index (Phi) is 4.31.